The second-order valence-corrected chi connectivity index (χ2v) is 5.88. The summed E-state index contributed by atoms with van der Waals surface area (Å²) < 4.78 is 5.29. The van der Waals surface area contributed by atoms with Gasteiger partial charge in [-0.1, -0.05) is 30.3 Å². The SMILES string of the molecule is C[C@H](NC(=O)CN1C(=O)COc2ccc([N+](=O)[O-])cc21)c1ccccc1. The minimum atomic E-state index is -0.560. The topological polar surface area (TPSA) is 102 Å². The van der Waals surface area contributed by atoms with Crippen LogP contribution in [0.3, 0.4) is 0 Å². The summed E-state index contributed by atoms with van der Waals surface area (Å²) in [5.41, 5.74) is 0.980. The molecular weight excluding hydrogens is 338 g/mol. The predicted molar refractivity (Wildman–Crippen MR) is 93.9 cm³/mol. The van der Waals surface area contributed by atoms with Crippen LogP contribution >= 0.6 is 0 Å². The van der Waals surface area contributed by atoms with Crippen LogP contribution in [-0.2, 0) is 9.59 Å². The lowest BCUT2D eigenvalue weighted by Gasteiger charge is -2.29. The Morgan fingerprint density at radius 2 is 2.04 bits per heavy atom. The molecule has 26 heavy (non-hydrogen) atoms. The molecule has 0 bridgehead atoms. The third kappa shape index (κ3) is 3.64. The molecule has 8 heteroatoms. The zero-order chi connectivity index (χ0) is 18.7. The van der Waals surface area contributed by atoms with Crippen molar-refractivity contribution in [3.8, 4) is 5.75 Å². The van der Waals surface area contributed by atoms with Gasteiger partial charge in [0.15, 0.2) is 6.61 Å². The van der Waals surface area contributed by atoms with Gasteiger partial charge in [-0.05, 0) is 18.6 Å². The molecule has 0 aliphatic carbocycles. The largest absolute Gasteiger partial charge is 0.482 e. The summed E-state index contributed by atoms with van der Waals surface area (Å²) in [6, 6.07) is 13.1. The summed E-state index contributed by atoms with van der Waals surface area (Å²) in [4.78, 5) is 36.2. The van der Waals surface area contributed by atoms with E-state index < -0.39 is 10.8 Å². The van der Waals surface area contributed by atoms with Gasteiger partial charge in [0.2, 0.25) is 5.91 Å². The van der Waals surface area contributed by atoms with E-state index in [1.165, 1.54) is 23.1 Å². The van der Waals surface area contributed by atoms with E-state index in [1.807, 2.05) is 37.3 Å². The normalized spacial score (nSPS) is 14.2. The average molecular weight is 355 g/mol. The Hall–Kier alpha value is -3.42. The standard InChI is InChI=1S/C18H17N3O5/c1-12(13-5-3-2-4-6-13)19-17(22)10-20-15-9-14(21(24)25)7-8-16(15)26-11-18(20)23/h2-9,12H,10-11H2,1H3,(H,19,22)/t12-/m0/s1. The molecule has 2 aromatic rings. The number of hydrogen-bond donors (Lipinski definition) is 1. The van der Waals surface area contributed by atoms with Gasteiger partial charge < -0.3 is 10.1 Å². The van der Waals surface area contributed by atoms with E-state index in [0.29, 0.717) is 5.75 Å². The molecule has 0 saturated carbocycles. The van der Waals surface area contributed by atoms with Crippen molar-refractivity contribution in [1.82, 2.24) is 5.32 Å². The van der Waals surface area contributed by atoms with Crippen molar-refractivity contribution in [3.63, 3.8) is 0 Å². The monoisotopic (exact) mass is 355 g/mol. The number of nitro groups is 1. The molecule has 134 valence electrons. The molecular formula is C18H17N3O5. The van der Waals surface area contributed by atoms with Crippen LogP contribution in [0.5, 0.6) is 5.75 Å². The molecule has 1 aliphatic heterocycles. The number of nitrogens with zero attached hydrogens (tertiary/aromatic N) is 2. The van der Waals surface area contributed by atoms with Crippen LogP contribution in [0.1, 0.15) is 18.5 Å². The van der Waals surface area contributed by atoms with Crippen molar-refractivity contribution in [1.29, 1.82) is 0 Å². The molecule has 2 amide bonds. The zero-order valence-corrected chi connectivity index (χ0v) is 14.0. The van der Waals surface area contributed by atoms with E-state index in [1.54, 1.807) is 0 Å². The Labute approximate surface area is 149 Å². The third-order valence-electron chi connectivity index (χ3n) is 4.08. The number of ether oxygens (including phenoxy) is 1. The fourth-order valence-corrected chi connectivity index (χ4v) is 2.73. The summed E-state index contributed by atoms with van der Waals surface area (Å²) >= 11 is 0. The molecule has 2 aromatic carbocycles. The van der Waals surface area contributed by atoms with Crippen molar-refractivity contribution in [2.24, 2.45) is 0 Å². The molecule has 8 nitrogen and oxygen atoms in total. The molecule has 1 atom stereocenters. The van der Waals surface area contributed by atoms with Crippen LogP contribution in [0.25, 0.3) is 0 Å². The number of benzene rings is 2. The van der Waals surface area contributed by atoms with E-state index in [9.17, 15) is 19.7 Å². The lowest BCUT2D eigenvalue weighted by Crippen LogP contribution is -2.45. The van der Waals surface area contributed by atoms with Crippen LogP contribution in [0, 0.1) is 10.1 Å². The Morgan fingerprint density at radius 3 is 2.73 bits per heavy atom. The molecule has 1 N–H and O–H groups in total. The number of nitro benzene ring substituents is 1. The van der Waals surface area contributed by atoms with Gasteiger partial charge in [0.25, 0.3) is 11.6 Å². The summed E-state index contributed by atoms with van der Waals surface area (Å²) in [5.74, 6) is -0.464. The number of fused-ring (bicyclic) bond motifs is 1. The summed E-state index contributed by atoms with van der Waals surface area (Å²) in [6.45, 7) is 1.38. The van der Waals surface area contributed by atoms with Gasteiger partial charge in [-0.3, -0.25) is 24.6 Å². The number of hydrogen-bond acceptors (Lipinski definition) is 5. The van der Waals surface area contributed by atoms with Crippen LogP contribution in [0.4, 0.5) is 11.4 Å². The first-order chi connectivity index (χ1) is 12.5. The highest BCUT2D eigenvalue weighted by Gasteiger charge is 2.29. The van der Waals surface area contributed by atoms with Crippen molar-refractivity contribution in [2.75, 3.05) is 18.1 Å². The molecule has 0 radical (unpaired) electrons. The van der Waals surface area contributed by atoms with E-state index in [4.69, 9.17) is 4.74 Å². The maximum atomic E-state index is 12.4. The number of non-ortho nitro benzene ring substituents is 1. The third-order valence-corrected chi connectivity index (χ3v) is 4.08. The lowest BCUT2D eigenvalue weighted by atomic mass is 10.1. The minimum absolute atomic E-state index is 0.176. The minimum Gasteiger partial charge on any atom is -0.482 e. The molecule has 0 unspecified atom stereocenters. The van der Waals surface area contributed by atoms with Crippen LogP contribution in [0.15, 0.2) is 48.5 Å². The first-order valence-corrected chi connectivity index (χ1v) is 8.01. The predicted octanol–water partition coefficient (Wildman–Crippen LogP) is 2.20. The molecule has 0 spiro atoms. The van der Waals surface area contributed by atoms with E-state index in [-0.39, 0.29) is 36.5 Å². The number of carbonyl (C=O) groups excluding carboxylic acids is 2. The van der Waals surface area contributed by atoms with Crippen molar-refractivity contribution < 1.29 is 19.2 Å². The molecule has 3 rings (SSSR count). The Morgan fingerprint density at radius 1 is 1.31 bits per heavy atom. The van der Waals surface area contributed by atoms with E-state index in [0.717, 1.165) is 5.56 Å². The maximum absolute atomic E-state index is 12.4. The van der Waals surface area contributed by atoms with E-state index in [2.05, 4.69) is 5.32 Å². The van der Waals surface area contributed by atoms with Crippen LogP contribution < -0.4 is 15.0 Å². The Kier molecular flexibility index (Phi) is 4.83. The highest BCUT2D eigenvalue weighted by atomic mass is 16.6. The number of nitrogens with one attached hydrogen (secondary N) is 1. The average Bonchev–Trinajstić information content (AvgIpc) is 2.64. The van der Waals surface area contributed by atoms with Gasteiger partial charge in [0.1, 0.15) is 12.3 Å². The lowest BCUT2D eigenvalue weighted by molar-refractivity contribution is -0.384. The van der Waals surface area contributed by atoms with E-state index >= 15 is 0 Å². The number of rotatable bonds is 5. The zero-order valence-electron chi connectivity index (χ0n) is 14.0. The summed E-state index contributed by atoms with van der Waals surface area (Å²) in [5, 5.41) is 13.8. The fraction of sp³-hybridized carbons (Fsp3) is 0.222. The first kappa shape index (κ1) is 17.4. The summed E-state index contributed by atoms with van der Waals surface area (Å²) in [7, 11) is 0. The van der Waals surface area contributed by atoms with Crippen molar-refractivity contribution in [2.45, 2.75) is 13.0 Å². The number of anilines is 1. The number of amides is 2. The van der Waals surface area contributed by atoms with Crippen LogP contribution in [0.2, 0.25) is 0 Å². The molecule has 1 heterocycles. The smallest absolute Gasteiger partial charge is 0.271 e. The quantitative estimate of drug-likeness (QED) is 0.654. The highest BCUT2D eigenvalue weighted by molar-refractivity contribution is 6.02. The van der Waals surface area contributed by atoms with Gasteiger partial charge in [-0.25, -0.2) is 0 Å². The van der Waals surface area contributed by atoms with Gasteiger partial charge >= 0.3 is 0 Å². The molecule has 0 aromatic heterocycles. The van der Waals surface area contributed by atoms with Crippen molar-refractivity contribution >= 4 is 23.2 Å². The highest BCUT2D eigenvalue weighted by Crippen LogP contribution is 2.35. The van der Waals surface area contributed by atoms with Gasteiger partial charge in [0.05, 0.1) is 16.7 Å². The maximum Gasteiger partial charge on any atom is 0.271 e. The first-order valence-electron chi connectivity index (χ1n) is 8.01. The summed E-state index contributed by atoms with van der Waals surface area (Å²) in [6.07, 6.45) is 0. The number of carbonyl (C=O) groups is 2. The van der Waals surface area contributed by atoms with Gasteiger partial charge in [0, 0.05) is 12.1 Å². The second kappa shape index (κ2) is 7.22. The molecule has 0 fully saturated rings. The Bertz CT molecular complexity index is 853. The van der Waals surface area contributed by atoms with Gasteiger partial charge in [-0.15, -0.1) is 0 Å². The Balaban J connectivity index is 1.77. The van der Waals surface area contributed by atoms with Crippen molar-refractivity contribution in [3.05, 3.63) is 64.2 Å². The molecule has 0 saturated heterocycles. The second-order valence-electron chi connectivity index (χ2n) is 5.88. The van der Waals surface area contributed by atoms with Gasteiger partial charge in [-0.2, -0.15) is 0 Å². The van der Waals surface area contributed by atoms with Crippen LogP contribution in [-0.4, -0.2) is 29.9 Å². The fourth-order valence-electron chi connectivity index (χ4n) is 2.73. The molecule has 1 aliphatic rings.